The Hall–Kier alpha value is -0.320. The average Bonchev–Trinajstić information content (AvgIpc) is 2.30. The molecular formula is C12H25ClN2O2. The van der Waals surface area contributed by atoms with E-state index < -0.39 is 0 Å². The van der Waals surface area contributed by atoms with Crippen LogP contribution in [0, 0.1) is 5.92 Å². The normalized spacial score (nSPS) is 19.9. The number of carbonyl (C=O) groups is 1. The standard InChI is InChI=1S/C12H24N2O2.ClH/c1-3-7-16-10-12(15)14-6-4-5-11(9-14)8-13-2;/h11,13H,3-10H2,1-2H3;1H. The van der Waals surface area contributed by atoms with E-state index in [1.165, 1.54) is 6.42 Å². The Labute approximate surface area is 110 Å². The van der Waals surface area contributed by atoms with E-state index in [1.54, 1.807) is 0 Å². The van der Waals surface area contributed by atoms with Crippen LogP contribution >= 0.6 is 12.4 Å². The van der Waals surface area contributed by atoms with Gasteiger partial charge in [0.15, 0.2) is 0 Å². The number of nitrogens with one attached hydrogen (secondary N) is 1. The van der Waals surface area contributed by atoms with Crippen molar-refractivity contribution in [1.29, 1.82) is 0 Å². The number of amides is 1. The van der Waals surface area contributed by atoms with Gasteiger partial charge in [0.1, 0.15) is 6.61 Å². The van der Waals surface area contributed by atoms with Gasteiger partial charge in [0.05, 0.1) is 0 Å². The zero-order valence-electron chi connectivity index (χ0n) is 10.9. The fraction of sp³-hybridized carbons (Fsp3) is 0.917. The Bertz CT molecular complexity index is 213. The van der Waals surface area contributed by atoms with E-state index in [9.17, 15) is 4.79 Å². The lowest BCUT2D eigenvalue weighted by Crippen LogP contribution is -2.44. The maximum atomic E-state index is 11.8. The summed E-state index contributed by atoms with van der Waals surface area (Å²) in [5.41, 5.74) is 0. The maximum Gasteiger partial charge on any atom is 0.248 e. The zero-order valence-corrected chi connectivity index (χ0v) is 11.7. The molecule has 0 aromatic heterocycles. The third kappa shape index (κ3) is 6.24. The average molecular weight is 265 g/mol. The van der Waals surface area contributed by atoms with E-state index in [0.717, 1.165) is 32.5 Å². The molecule has 1 amide bonds. The molecule has 0 aliphatic carbocycles. The number of likely N-dealkylation sites (tertiary alicyclic amines) is 1. The van der Waals surface area contributed by atoms with Crippen molar-refractivity contribution in [2.24, 2.45) is 5.92 Å². The molecule has 0 aromatic carbocycles. The number of carbonyl (C=O) groups excluding carboxylic acids is 1. The molecule has 0 bridgehead atoms. The molecule has 1 unspecified atom stereocenters. The van der Waals surface area contributed by atoms with Crippen LogP contribution in [0.1, 0.15) is 26.2 Å². The van der Waals surface area contributed by atoms with Gasteiger partial charge in [-0.15, -0.1) is 12.4 Å². The largest absolute Gasteiger partial charge is 0.372 e. The number of halogens is 1. The third-order valence-electron chi connectivity index (χ3n) is 2.94. The van der Waals surface area contributed by atoms with E-state index in [1.807, 2.05) is 18.9 Å². The van der Waals surface area contributed by atoms with Gasteiger partial charge in [-0.25, -0.2) is 0 Å². The summed E-state index contributed by atoms with van der Waals surface area (Å²) in [5.74, 6) is 0.753. The minimum absolute atomic E-state index is 0. The summed E-state index contributed by atoms with van der Waals surface area (Å²) in [7, 11) is 1.96. The fourth-order valence-corrected chi connectivity index (χ4v) is 2.14. The second-order valence-electron chi connectivity index (χ2n) is 4.46. The summed E-state index contributed by atoms with van der Waals surface area (Å²) < 4.78 is 5.29. The number of hydrogen-bond donors (Lipinski definition) is 1. The summed E-state index contributed by atoms with van der Waals surface area (Å²) in [5, 5.41) is 3.18. The highest BCUT2D eigenvalue weighted by Crippen LogP contribution is 2.15. The molecule has 1 aliphatic heterocycles. The van der Waals surface area contributed by atoms with Crippen molar-refractivity contribution in [2.75, 3.05) is 39.9 Å². The van der Waals surface area contributed by atoms with Crippen molar-refractivity contribution in [3.05, 3.63) is 0 Å². The Morgan fingerprint density at radius 3 is 2.94 bits per heavy atom. The van der Waals surface area contributed by atoms with Crippen LogP contribution in [0.15, 0.2) is 0 Å². The van der Waals surface area contributed by atoms with Crippen molar-refractivity contribution in [2.45, 2.75) is 26.2 Å². The predicted octanol–water partition coefficient (Wildman–Crippen LogP) is 1.29. The number of piperidine rings is 1. The number of nitrogens with zero attached hydrogens (tertiary/aromatic N) is 1. The smallest absolute Gasteiger partial charge is 0.248 e. The van der Waals surface area contributed by atoms with Crippen molar-refractivity contribution in [3.63, 3.8) is 0 Å². The van der Waals surface area contributed by atoms with E-state index in [4.69, 9.17) is 4.74 Å². The molecule has 1 rings (SSSR count). The molecule has 1 saturated heterocycles. The van der Waals surface area contributed by atoms with Crippen molar-refractivity contribution >= 4 is 18.3 Å². The molecular weight excluding hydrogens is 240 g/mol. The van der Waals surface area contributed by atoms with Crippen LogP contribution in [-0.2, 0) is 9.53 Å². The van der Waals surface area contributed by atoms with Gasteiger partial charge in [0, 0.05) is 19.7 Å². The molecule has 0 aromatic rings. The minimum atomic E-state index is 0. The van der Waals surface area contributed by atoms with Crippen LogP contribution in [0.4, 0.5) is 0 Å². The lowest BCUT2D eigenvalue weighted by Gasteiger charge is -2.32. The number of hydrogen-bond acceptors (Lipinski definition) is 3. The highest BCUT2D eigenvalue weighted by Gasteiger charge is 2.22. The molecule has 17 heavy (non-hydrogen) atoms. The van der Waals surface area contributed by atoms with Crippen molar-refractivity contribution in [1.82, 2.24) is 10.2 Å². The summed E-state index contributed by atoms with van der Waals surface area (Å²) in [4.78, 5) is 13.7. The van der Waals surface area contributed by atoms with Crippen LogP contribution in [-0.4, -0.2) is 50.7 Å². The van der Waals surface area contributed by atoms with Gasteiger partial charge in [-0.2, -0.15) is 0 Å². The molecule has 1 N–H and O–H groups in total. The second-order valence-corrected chi connectivity index (χ2v) is 4.46. The lowest BCUT2D eigenvalue weighted by molar-refractivity contribution is -0.137. The van der Waals surface area contributed by atoms with Crippen LogP contribution in [0.3, 0.4) is 0 Å². The van der Waals surface area contributed by atoms with Gasteiger partial charge >= 0.3 is 0 Å². The molecule has 0 spiro atoms. The van der Waals surface area contributed by atoms with Crippen LogP contribution < -0.4 is 5.32 Å². The molecule has 0 radical (unpaired) electrons. The summed E-state index contributed by atoms with van der Waals surface area (Å²) in [6.45, 7) is 5.76. The Morgan fingerprint density at radius 2 is 2.29 bits per heavy atom. The van der Waals surface area contributed by atoms with E-state index in [-0.39, 0.29) is 24.9 Å². The highest BCUT2D eigenvalue weighted by molar-refractivity contribution is 5.85. The van der Waals surface area contributed by atoms with Gasteiger partial charge in [-0.3, -0.25) is 4.79 Å². The Morgan fingerprint density at radius 1 is 1.53 bits per heavy atom. The van der Waals surface area contributed by atoms with Gasteiger partial charge in [-0.1, -0.05) is 6.92 Å². The number of rotatable bonds is 6. The fourth-order valence-electron chi connectivity index (χ4n) is 2.14. The molecule has 102 valence electrons. The SMILES string of the molecule is CCCOCC(=O)N1CCCC(CNC)C1.Cl. The third-order valence-corrected chi connectivity index (χ3v) is 2.94. The molecule has 4 nitrogen and oxygen atoms in total. The first-order chi connectivity index (χ1) is 7.77. The van der Waals surface area contributed by atoms with Gasteiger partial charge in [0.25, 0.3) is 0 Å². The Kier molecular flexibility index (Phi) is 9.50. The summed E-state index contributed by atoms with van der Waals surface area (Å²) in [6.07, 6.45) is 3.31. The predicted molar refractivity (Wildman–Crippen MR) is 71.6 cm³/mol. The zero-order chi connectivity index (χ0) is 11.8. The minimum Gasteiger partial charge on any atom is -0.372 e. The van der Waals surface area contributed by atoms with E-state index in [2.05, 4.69) is 5.32 Å². The first-order valence-electron chi connectivity index (χ1n) is 6.28. The van der Waals surface area contributed by atoms with Crippen LogP contribution in [0.25, 0.3) is 0 Å². The van der Waals surface area contributed by atoms with Crippen LogP contribution in [0.5, 0.6) is 0 Å². The monoisotopic (exact) mass is 264 g/mol. The van der Waals surface area contributed by atoms with Crippen LogP contribution in [0.2, 0.25) is 0 Å². The van der Waals surface area contributed by atoms with Gasteiger partial charge in [0.2, 0.25) is 5.91 Å². The second kappa shape index (κ2) is 9.68. The lowest BCUT2D eigenvalue weighted by atomic mass is 9.98. The molecule has 0 saturated carbocycles. The van der Waals surface area contributed by atoms with Gasteiger partial charge in [-0.05, 0) is 38.8 Å². The maximum absolute atomic E-state index is 11.8. The van der Waals surface area contributed by atoms with Crippen molar-refractivity contribution < 1.29 is 9.53 Å². The summed E-state index contributed by atoms with van der Waals surface area (Å²) in [6, 6.07) is 0. The first kappa shape index (κ1) is 16.7. The van der Waals surface area contributed by atoms with Gasteiger partial charge < -0.3 is 15.0 Å². The van der Waals surface area contributed by atoms with Crippen molar-refractivity contribution in [3.8, 4) is 0 Å². The Balaban J connectivity index is 0.00000256. The summed E-state index contributed by atoms with van der Waals surface area (Å²) >= 11 is 0. The molecule has 1 aliphatic rings. The number of ether oxygens (including phenoxy) is 1. The van der Waals surface area contributed by atoms with E-state index >= 15 is 0 Å². The quantitative estimate of drug-likeness (QED) is 0.735. The highest BCUT2D eigenvalue weighted by atomic mass is 35.5. The topological polar surface area (TPSA) is 41.6 Å². The molecule has 1 fully saturated rings. The molecule has 1 heterocycles. The molecule has 5 heteroatoms. The van der Waals surface area contributed by atoms with E-state index in [0.29, 0.717) is 12.5 Å². The molecule has 1 atom stereocenters. The first-order valence-corrected chi connectivity index (χ1v) is 6.28.